The lowest BCUT2D eigenvalue weighted by Crippen LogP contribution is -1.99. The predicted octanol–water partition coefficient (Wildman–Crippen LogP) is 14.2. The molecule has 226 valence electrons. The number of hydrogen-bond acceptors (Lipinski definition) is 1. The Kier molecular flexibility index (Phi) is 5.64. The van der Waals surface area contributed by atoms with E-state index in [0.717, 1.165) is 0 Å². The van der Waals surface area contributed by atoms with E-state index in [0.29, 0.717) is 0 Å². The first kappa shape index (κ1) is 27.0. The summed E-state index contributed by atoms with van der Waals surface area (Å²) in [4.78, 5) is 0. The van der Waals surface area contributed by atoms with Gasteiger partial charge < -0.3 is 0 Å². The molecule has 0 amide bonds. The molecule has 0 unspecified atom stereocenters. The van der Waals surface area contributed by atoms with Crippen molar-refractivity contribution in [1.82, 2.24) is 0 Å². The molecule has 9 aromatic carbocycles. The van der Waals surface area contributed by atoms with Crippen molar-refractivity contribution in [3.63, 3.8) is 0 Å². The van der Waals surface area contributed by atoms with Crippen LogP contribution < -0.4 is 0 Å². The molecule has 1 aliphatic carbocycles. The highest BCUT2D eigenvalue weighted by Crippen LogP contribution is 2.53. The minimum Gasteiger partial charge on any atom is -0.135 e. The Morgan fingerprint density at radius 1 is 0.245 bits per heavy atom. The van der Waals surface area contributed by atoms with Crippen LogP contribution >= 0.6 is 11.3 Å². The summed E-state index contributed by atoms with van der Waals surface area (Å²) >= 11 is 1.90. The van der Waals surface area contributed by atoms with Crippen molar-refractivity contribution >= 4 is 63.8 Å². The van der Waals surface area contributed by atoms with Gasteiger partial charge in [0.25, 0.3) is 0 Å². The van der Waals surface area contributed by atoms with Gasteiger partial charge in [0.2, 0.25) is 0 Å². The fourth-order valence-electron chi connectivity index (χ4n) is 8.54. The molecule has 11 rings (SSSR count). The molecule has 0 N–H and O–H groups in total. The van der Waals surface area contributed by atoms with Gasteiger partial charge in [-0.3, -0.25) is 0 Å². The second-order valence-electron chi connectivity index (χ2n) is 13.1. The lowest BCUT2D eigenvalue weighted by atomic mass is 9.77. The SMILES string of the molecule is c1ccc2c(c1)-c1cc3c4ccccc4c4ccccc4c3cc1-c1cccc(-c3cccc4c3sc3ccccc34)c1-c1ccccc1-2. The van der Waals surface area contributed by atoms with E-state index in [1.54, 1.807) is 0 Å². The summed E-state index contributed by atoms with van der Waals surface area (Å²) < 4.78 is 2.67. The van der Waals surface area contributed by atoms with Crippen molar-refractivity contribution in [2.45, 2.75) is 0 Å². The van der Waals surface area contributed by atoms with Crippen molar-refractivity contribution in [3.8, 4) is 55.6 Å². The van der Waals surface area contributed by atoms with Crippen LogP contribution in [0.4, 0.5) is 0 Å². The van der Waals surface area contributed by atoms with E-state index in [-0.39, 0.29) is 0 Å². The molecular formula is C48H28S. The minimum absolute atomic E-state index is 1.27. The van der Waals surface area contributed by atoms with Crippen molar-refractivity contribution in [2.75, 3.05) is 0 Å². The van der Waals surface area contributed by atoms with Gasteiger partial charge in [-0.2, -0.15) is 0 Å². The first-order valence-corrected chi connectivity index (χ1v) is 17.8. The fraction of sp³-hybridized carbons (Fsp3) is 0. The summed E-state index contributed by atoms with van der Waals surface area (Å²) in [6.45, 7) is 0. The van der Waals surface area contributed by atoms with E-state index in [1.165, 1.54) is 108 Å². The van der Waals surface area contributed by atoms with Crippen LogP contribution in [0.2, 0.25) is 0 Å². The summed E-state index contributed by atoms with van der Waals surface area (Å²) in [5.41, 5.74) is 12.8. The summed E-state index contributed by atoms with van der Waals surface area (Å²) in [6.07, 6.45) is 0. The highest BCUT2D eigenvalue weighted by Gasteiger charge is 2.26. The van der Waals surface area contributed by atoms with Gasteiger partial charge in [-0.25, -0.2) is 0 Å². The average Bonchev–Trinajstić information content (AvgIpc) is 3.56. The van der Waals surface area contributed by atoms with Crippen LogP contribution in [0.25, 0.3) is 108 Å². The number of benzene rings is 9. The minimum atomic E-state index is 1.27. The third kappa shape index (κ3) is 3.79. The molecule has 1 aliphatic rings. The molecule has 1 heterocycles. The zero-order chi connectivity index (χ0) is 32.1. The molecule has 1 aromatic heterocycles. The maximum absolute atomic E-state index is 2.49. The Balaban J connectivity index is 1.33. The van der Waals surface area contributed by atoms with Gasteiger partial charge in [-0.05, 0) is 101 Å². The van der Waals surface area contributed by atoms with Crippen LogP contribution in [0, 0.1) is 0 Å². The molecule has 0 spiro atoms. The lowest BCUT2D eigenvalue weighted by molar-refractivity contribution is 1.53. The van der Waals surface area contributed by atoms with Crippen molar-refractivity contribution in [1.29, 1.82) is 0 Å². The van der Waals surface area contributed by atoms with Gasteiger partial charge in [0.1, 0.15) is 0 Å². The molecule has 1 heteroatoms. The van der Waals surface area contributed by atoms with Crippen LogP contribution in [0.5, 0.6) is 0 Å². The van der Waals surface area contributed by atoms with Crippen LogP contribution in [0.1, 0.15) is 0 Å². The molecule has 0 bridgehead atoms. The van der Waals surface area contributed by atoms with Gasteiger partial charge in [0.05, 0.1) is 0 Å². The Morgan fingerprint density at radius 3 is 1.29 bits per heavy atom. The molecule has 0 saturated carbocycles. The fourth-order valence-corrected chi connectivity index (χ4v) is 9.77. The van der Waals surface area contributed by atoms with Crippen LogP contribution in [-0.2, 0) is 0 Å². The van der Waals surface area contributed by atoms with Crippen molar-refractivity contribution in [2.24, 2.45) is 0 Å². The topological polar surface area (TPSA) is 0 Å². The monoisotopic (exact) mass is 636 g/mol. The molecule has 0 atom stereocenters. The number of hydrogen-bond donors (Lipinski definition) is 0. The van der Waals surface area contributed by atoms with E-state index < -0.39 is 0 Å². The number of fused-ring (bicyclic) bond motifs is 17. The summed E-state index contributed by atoms with van der Waals surface area (Å²) in [7, 11) is 0. The van der Waals surface area contributed by atoms with E-state index in [1.807, 2.05) is 11.3 Å². The second-order valence-corrected chi connectivity index (χ2v) is 14.2. The van der Waals surface area contributed by atoms with Gasteiger partial charge in [0, 0.05) is 25.7 Å². The summed E-state index contributed by atoms with van der Waals surface area (Å²) in [5, 5.41) is 10.4. The van der Waals surface area contributed by atoms with Gasteiger partial charge >= 0.3 is 0 Å². The van der Waals surface area contributed by atoms with Gasteiger partial charge in [-0.1, -0.05) is 152 Å². The zero-order valence-electron chi connectivity index (χ0n) is 26.6. The Hall–Kier alpha value is -6.02. The highest BCUT2D eigenvalue weighted by molar-refractivity contribution is 7.26. The first-order chi connectivity index (χ1) is 24.3. The Bertz CT molecular complexity index is 2990. The smallest absolute Gasteiger partial charge is 0.0434 e. The lowest BCUT2D eigenvalue weighted by Gasteiger charge is -2.26. The molecule has 10 aromatic rings. The Labute approximate surface area is 288 Å². The third-order valence-electron chi connectivity index (χ3n) is 10.6. The maximum atomic E-state index is 2.49. The average molecular weight is 637 g/mol. The number of thiophene rings is 1. The summed E-state index contributed by atoms with van der Waals surface area (Å²) in [5.74, 6) is 0. The zero-order valence-corrected chi connectivity index (χ0v) is 27.4. The largest absolute Gasteiger partial charge is 0.135 e. The van der Waals surface area contributed by atoms with Crippen LogP contribution in [0.15, 0.2) is 170 Å². The van der Waals surface area contributed by atoms with Crippen LogP contribution in [0.3, 0.4) is 0 Å². The highest BCUT2D eigenvalue weighted by atomic mass is 32.1. The van der Waals surface area contributed by atoms with Crippen molar-refractivity contribution < 1.29 is 0 Å². The number of rotatable bonds is 1. The molecule has 0 saturated heterocycles. The molecule has 0 fully saturated rings. The third-order valence-corrected chi connectivity index (χ3v) is 11.9. The first-order valence-electron chi connectivity index (χ1n) is 16.9. The van der Waals surface area contributed by atoms with Crippen LogP contribution in [-0.4, -0.2) is 0 Å². The molecule has 49 heavy (non-hydrogen) atoms. The van der Waals surface area contributed by atoms with E-state index >= 15 is 0 Å². The van der Waals surface area contributed by atoms with E-state index in [4.69, 9.17) is 0 Å². The van der Waals surface area contributed by atoms with E-state index in [9.17, 15) is 0 Å². The Morgan fingerprint density at radius 2 is 0.633 bits per heavy atom. The van der Waals surface area contributed by atoms with Gasteiger partial charge in [0.15, 0.2) is 0 Å². The molecule has 0 aliphatic heterocycles. The predicted molar refractivity (Wildman–Crippen MR) is 213 cm³/mol. The molecule has 0 radical (unpaired) electrons. The quantitative estimate of drug-likeness (QED) is 0.157. The standard InChI is InChI=1S/C48H28S/c1-4-17-33-29(13-1)30-14-2-5-18-34(30)43-28-45-39-23-11-22-38(41-25-12-24-40-36-20-9-10-26-46(36)49-48(40)41)47(39)37-21-8-7-16-32(37)31-15-3-6-19-35(31)44(45)27-42(33)43/h1-28H. The van der Waals surface area contributed by atoms with Crippen molar-refractivity contribution in [3.05, 3.63) is 170 Å². The van der Waals surface area contributed by atoms with Gasteiger partial charge in [-0.15, -0.1) is 11.3 Å². The maximum Gasteiger partial charge on any atom is 0.0434 e. The normalized spacial score (nSPS) is 12.1. The second kappa shape index (κ2) is 10.2. The molecular weight excluding hydrogens is 609 g/mol. The van der Waals surface area contributed by atoms with E-state index in [2.05, 4.69) is 170 Å². The molecule has 0 nitrogen and oxygen atoms in total. The summed E-state index contributed by atoms with van der Waals surface area (Å²) in [6, 6.07) is 63.4.